The largest absolute Gasteiger partial charge is 0.489 e. The number of benzene rings is 2. The summed E-state index contributed by atoms with van der Waals surface area (Å²) in [7, 11) is -2.15. The average molecular weight is 379 g/mol. The van der Waals surface area contributed by atoms with Gasteiger partial charge in [0.1, 0.15) is 5.69 Å². The van der Waals surface area contributed by atoms with Gasteiger partial charge < -0.3 is 15.8 Å². The van der Waals surface area contributed by atoms with Gasteiger partial charge in [-0.3, -0.25) is 14.9 Å². The number of nitrogens with one attached hydrogen (secondary N) is 1. The molecule has 2 aromatic rings. The first-order chi connectivity index (χ1) is 12.1. The number of anilines is 2. The predicted octanol–water partition coefficient (Wildman–Crippen LogP) is 2.16. The number of hydrogen-bond donors (Lipinski definition) is 2. The summed E-state index contributed by atoms with van der Waals surface area (Å²) >= 11 is 0. The molecule has 0 fully saturated rings. The number of carbonyl (C=O) groups is 1. The summed E-state index contributed by atoms with van der Waals surface area (Å²) in [6.45, 7) is 1.66. The van der Waals surface area contributed by atoms with Crippen LogP contribution in [0, 0.1) is 17.0 Å². The molecule has 0 unspecified atom stereocenters. The number of carbonyl (C=O) groups excluding carboxylic acids is 1. The number of nitro groups is 1. The maximum absolute atomic E-state index is 11.7. The van der Waals surface area contributed by atoms with Gasteiger partial charge in [0.2, 0.25) is 5.75 Å². The summed E-state index contributed by atoms with van der Waals surface area (Å²) in [4.78, 5) is 22.4. The SMILES string of the molecule is COc1c([N+](=O)[O-])ccc(C(N)=O)c1Nc1ccc(S(C)(=O)=O)cc1C. The second kappa shape index (κ2) is 7.00. The summed E-state index contributed by atoms with van der Waals surface area (Å²) in [5.74, 6) is -0.955. The summed E-state index contributed by atoms with van der Waals surface area (Å²) in [5, 5.41) is 14.1. The van der Waals surface area contributed by atoms with Gasteiger partial charge in [0.05, 0.1) is 22.5 Å². The van der Waals surface area contributed by atoms with E-state index in [-0.39, 0.29) is 27.6 Å². The van der Waals surface area contributed by atoms with Crippen LogP contribution in [0.3, 0.4) is 0 Å². The molecule has 0 aliphatic carbocycles. The van der Waals surface area contributed by atoms with Gasteiger partial charge in [-0.25, -0.2) is 8.42 Å². The van der Waals surface area contributed by atoms with Crippen LogP contribution in [0.25, 0.3) is 0 Å². The van der Waals surface area contributed by atoms with Gasteiger partial charge in [0.15, 0.2) is 9.84 Å². The third-order valence-corrected chi connectivity index (χ3v) is 4.80. The minimum absolute atomic E-state index is 0.000889. The van der Waals surface area contributed by atoms with Gasteiger partial charge in [-0.05, 0) is 36.8 Å². The number of ether oxygens (including phenoxy) is 1. The van der Waals surface area contributed by atoms with E-state index in [1.165, 1.54) is 31.4 Å². The number of sulfone groups is 1. The molecule has 0 atom stereocenters. The Morgan fingerprint density at radius 2 is 1.92 bits per heavy atom. The van der Waals surface area contributed by atoms with Gasteiger partial charge in [0, 0.05) is 18.0 Å². The van der Waals surface area contributed by atoms with E-state index in [2.05, 4.69) is 5.32 Å². The molecule has 0 spiro atoms. The van der Waals surface area contributed by atoms with Gasteiger partial charge in [-0.1, -0.05) is 0 Å². The van der Waals surface area contributed by atoms with Crippen molar-refractivity contribution < 1.29 is 22.9 Å². The van der Waals surface area contributed by atoms with Crippen molar-refractivity contribution in [1.82, 2.24) is 0 Å². The maximum Gasteiger partial charge on any atom is 0.313 e. The smallest absolute Gasteiger partial charge is 0.313 e. The first kappa shape index (κ1) is 19.2. The summed E-state index contributed by atoms with van der Waals surface area (Å²) in [6.07, 6.45) is 1.09. The zero-order chi connectivity index (χ0) is 19.6. The highest BCUT2D eigenvalue weighted by molar-refractivity contribution is 7.90. The molecule has 0 heterocycles. The van der Waals surface area contributed by atoms with Crippen molar-refractivity contribution in [3.05, 3.63) is 51.6 Å². The molecule has 10 heteroatoms. The highest BCUT2D eigenvalue weighted by atomic mass is 32.2. The fourth-order valence-electron chi connectivity index (χ4n) is 2.39. The van der Waals surface area contributed by atoms with Crippen LogP contribution in [0.5, 0.6) is 5.75 Å². The molecule has 0 aromatic heterocycles. The second-order valence-corrected chi connectivity index (χ2v) is 7.55. The van der Waals surface area contributed by atoms with Crippen molar-refractivity contribution in [1.29, 1.82) is 0 Å². The highest BCUT2D eigenvalue weighted by Gasteiger charge is 2.24. The van der Waals surface area contributed by atoms with Gasteiger partial charge in [-0.2, -0.15) is 0 Å². The number of rotatable bonds is 6. The van der Waals surface area contributed by atoms with Crippen LogP contribution >= 0.6 is 0 Å². The molecule has 3 N–H and O–H groups in total. The molecule has 9 nitrogen and oxygen atoms in total. The van der Waals surface area contributed by atoms with E-state index in [1.807, 2.05) is 0 Å². The lowest BCUT2D eigenvalue weighted by molar-refractivity contribution is -0.385. The van der Waals surface area contributed by atoms with Gasteiger partial charge >= 0.3 is 5.69 Å². The van der Waals surface area contributed by atoms with Crippen LogP contribution in [-0.2, 0) is 9.84 Å². The molecule has 0 radical (unpaired) electrons. The van der Waals surface area contributed by atoms with Gasteiger partial charge in [-0.15, -0.1) is 0 Å². The lowest BCUT2D eigenvalue weighted by Gasteiger charge is -2.16. The molecule has 138 valence electrons. The molecule has 1 amide bonds. The van der Waals surface area contributed by atoms with E-state index < -0.39 is 20.7 Å². The zero-order valence-corrected chi connectivity index (χ0v) is 15.1. The van der Waals surface area contributed by atoms with Crippen molar-refractivity contribution in [2.45, 2.75) is 11.8 Å². The van der Waals surface area contributed by atoms with Crippen LogP contribution in [-0.4, -0.2) is 32.6 Å². The minimum Gasteiger partial charge on any atom is -0.489 e. The topological polar surface area (TPSA) is 142 Å². The molecule has 26 heavy (non-hydrogen) atoms. The van der Waals surface area contributed by atoms with Crippen LogP contribution in [0.15, 0.2) is 35.2 Å². The van der Waals surface area contributed by atoms with Crippen molar-refractivity contribution in [2.24, 2.45) is 5.73 Å². The van der Waals surface area contributed by atoms with E-state index in [9.17, 15) is 23.3 Å². The number of amides is 1. The molecule has 0 bridgehead atoms. The molecule has 2 aromatic carbocycles. The van der Waals surface area contributed by atoms with Crippen molar-refractivity contribution >= 4 is 32.8 Å². The molecule has 2 rings (SSSR count). The van der Waals surface area contributed by atoms with Crippen molar-refractivity contribution in [3.8, 4) is 5.75 Å². The standard InChI is InChI=1S/C16H17N3O6S/c1-9-8-10(26(3,23)24)4-6-12(9)18-14-11(16(17)20)5-7-13(19(21)22)15(14)25-2/h4-8,18H,1-3H3,(H2,17,20). The highest BCUT2D eigenvalue weighted by Crippen LogP contribution is 2.39. The number of nitrogens with zero attached hydrogens (tertiary/aromatic N) is 1. The second-order valence-electron chi connectivity index (χ2n) is 5.54. The van der Waals surface area contributed by atoms with E-state index in [1.54, 1.807) is 6.92 Å². The lowest BCUT2D eigenvalue weighted by atomic mass is 10.1. The number of aryl methyl sites for hydroxylation is 1. The fourth-order valence-corrected chi connectivity index (χ4v) is 3.10. The number of primary amides is 1. The summed E-state index contributed by atoms with van der Waals surface area (Å²) in [6, 6.07) is 6.69. The molecular formula is C16H17N3O6S. The van der Waals surface area contributed by atoms with E-state index in [0.29, 0.717) is 11.3 Å². The molecule has 0 saturated heterocycles. The third kappa shape index (κ3) is 3.75. The number of nitrogens with two attached hydrogens (primary N) is 1. The predicted molar refractivity (Wildman–Crippen MR) is 95.7 cm³/mol. The Morgan fingerprint density at radius 1 is 1.27 bits per heavy atom. The van der Waals surface area contributed by atoms with E-state index >= 15 is 0 Å². The van der Waals surface area contributed by atoms with E-state index in [0.717, 1.165) is 12.3 Å². The lowest BCUT2D eigenvalue weighted by Crippen LogP contribution is -2.15. The quantitative estimate of drug-likeness (QED) is 0.578. The third-order valence-electron chi connectivity index (χ3n) is 3.69. The Morgan fingerprint density at radius 3 is 2.38 bits per heavy atom. The number of hydrogen-bond acceptors (Lipinski definition) is 7. The Labute approximate surface area is 149 Å². The van der Waals surface area contributed by atoms with Crippen LogP contribution < -0.4 is 15.8 Å². The first-order valence-electron chi connectivity index (χ1n) is 7.29. The summed E-state index contributed by atoms with van der Waals surface area (Å²) < 4.78 is 28.4. The fraction of sp³-hybridized carbons (Fsp3) is 0.188. The normalized spacial score (nSPS) is 11.0. The molecule has 0 aliphatic rings. The van der Waals surface area contributed by atoms with Crippen LogP contribution in [0.4, 0.5) is 17.1 Å². The van der Waals surface area contributed by atoms with Crippen molar-refractivity contribution in [3.63, 3.8) is 0 Å². The van der Waals surface area contributed by atoms with Gasteiger partial charge in [0.25, 0.3) is 5.91 Å². The molecular weight excluding hydrogens is 362 g/mol. The number of methoxy groups -OCH3 is 1. The first-order valence-corrected chi connectivity index (χ1v) is 9.18. The minimum atomic E-state index is -3.38. The monoisotopic (exact) mass is 379 g/mol. The molecule has 0 aliphatic heterocycles. The average Bonchev–Trinajstić information content (AvgIpc) is 2.54. The number of nitro benzene ring substituents is 1. The van der Waals surface area contributed by atoms with E-state index in [4.69, 9.17) is 10.5 Å². The Balaban J connectivity index is 2.63. The summed E-state index contributed by atoms with van der Waals surface area (Å²) in [5.41, 5.74) is 6.04. The Kier molecular flexibility index (Phi) is 5.17. The van der Waals surface area contributed by atoms with Crippen molar-refractivity contribution in [2.75, 3.05) is 18.7 Å². The van der Waals surface area contributed by atoms with Crippen LogP contribution in [0.1, 0.15) is 15.9 Å². The zero-order valence-electron chi connectivity index (χ0n) is 14.3. The molecule has 0 saturated carbocycles. The maximum atomic E-state index is 11.7. The van der Waals surface area contributed by atoms with Crippen LogP contribution in [0.2, 0.25) is 0 Å². The Hall–Kier alpha value is -3.14. The Bertz CT molecular complexity index is 1000.